The molecule has 0 radical (unpaired) electrons. The van der Waals surface area contributed by atoms with Gasteiger partial charge in [-0.15, -0.1) is 0 Å². The van der Waals surface area contributed by atoms with E-state index in [9.17, 15) is 0 Å². The van der Waals surface area contributed by atoms with E-state index in [1.807, 2.05) is 6.92 Å². The zero-order valence-corrected chi connectivity index (χ0v) is 11.8. The third kappa shape index (κ3) is 4.08. The molecule has 0 amide bonds. The smallest absolute Gasteiger partial charge is 0.195 e. The summed E-state index contributed by atoms with van der Waals surface area (Å²) in [5.74, 6) is 1.53. The van der Waals surface area contributed by atoms with Crippen molar-refractivity contribution in [1.82, 2.24) is 10.3 Å². The topological polar surface area (TPSA) is 56.5 Å². The Morgan fingerprint density at radius 2 is 2.17 bits per heavy atom. The van der Waals surface area contributed by atoms with Crippen LogP contribution in [0.5, 0.6) is 0 Å². The normalized spacial score (nSPS) is 14.7. The highest BCUT2D eigenvalue weighted by molar-refractivity contribution is 5.05. The minimum Gasteiger partial charge on any atom is -0.443 e. The molecule has 0 fully saturated rings. The molecule has 0 aliphatic carbocycles. The van der Waals surface area contributed by atoms with E-state index in [2.05, 4.69) is 17.2 Å². The first-order chi connectivity index (χ1) is 8.66. The highest BCUT2D eigenvalue weighted by atomic mass is 16.5. The maximum atomic E-state index is 5.73. The molecule has 0 aliphatic rings. The van der Waals surface area contributed by atoms with Crippen molar-refractivity contribution >= 4 is 0 Å². The lowest BCUT2D eigenvalue weighted by Gasteiger charge is -2.23. The second-order valence-corrected chi connectivity index (χ2v) is 4.40. The molecule has 5 nitrogen and oxygen atoms in total. The van der Waals surface area contributed by atoms with Gasteiger partial charge in [-0.1, -0.05) is 6.92 Å². The molecule has 0 saturated carbocycles. The fourth-order valence-electron chi connectivity index (χ4n) is 1.58. The largest absolute Gasteiger partial charge is 0.443 e. The number of nitrogens with one attached hydrogen (secondary N) is 1. The lowest BCUT2D eigenvalue weighted by molar-refractivity contribution is -0.0197. The third-order valence-electron chi connectivity index (χ3n) is 3.20. The van der Waals surface area contributed by atoms with Crippen molar-refractivity contribution in [2.24, 2.45) is 0 Å². The average Bonchev–Trinajstić information content (AvgIpc) is 2.87. The molecule has 5 heteroatoms. The predicted molar refractivity (Wildman–Crippen MR) is 69.6 cm³/mol. The Balaban J connectivity index is 2.43. The van der Waals surface area contributed by atoms with E-state index in [-0.39, 0.29) is 5.60 Å². The summed E-state index contributed by atoms with van der Waals surface area (Å²) in [4.78, 5) is 4.28. The molecule has 18 heavy (non-hydrogen) atoms. The molecule has 0 aromatic carbocycles. The summed E-state index contributed by atoms with van der Waals surface area (Å²) >= 11 is 0. The fourth-order valence-corrected chi connectivity index (χ4v) is 1.58. The SMILES string of the molecule is CCC(C)(OC)c1cnc(CCNCCOC)o1. The van der Waals surface area contributed by atoms with Gasteiger partial charge in [0.1, 0.15) is 5.60 Å². The lowest BCUT2D eigenvalue weighted by atomic mass is 10.0. The molecular formula is C13H24N2O3. The Labute approximate surface area is 109 Å². The van der Waals surface area contributed by atoms with Crippen molar-refractivity contribution in [3.05, 3.63) is 17.8 Å². The molecule has 1 aromatic heterocycles. The summed E-state index contributed by atoms with van der Waals surface area (Å²) in [5, 5.41) is 3.25. The van der Waals surface area contributed by atoms with E-state index in [4.69, 9.17) is 13.9 Å². The molecule has 1 heterocycles. The minimum atomic E-state index is -0.380. The van der Waals surface area contributed by atoms with Crippen LogP contribution >= 0.6 is 0 Å². The Hall–Kier alpha value is -0.910. The van der Waals surface area contributed by atoms with Crippen molar-refractivity contribution in [3.8, 4) is 0 Å². The Morgan fingerprint density at radius 1 is 1.39 bits per heavy atom. The van der Waals surface area contributed by atoms with Crippen LogP contribution in [0.25, 0.3) is 0 Å². The second-order valence-electron chi connectivity index (χ2n) is 4.40. The van der Waals surface area contributed by atoms with Crippen LogP contribution in [0.4, 0.5) is 0 Å². The molecule has 104 valence electrons. The van der Waals surface area contributed by atoms with Crippen LogP contribution in [0, 0.1) is 0 Å². The number of aromatic nitrogens is 1. The zero-order chi connectivity index (χ0) is 13.4. The number of nitrogens with zero attached hydrogens (tertiary/aromatic N) is 1. The Morgan fingerprint density at radius 3 is 2.78 bits per heavy atom. The molecule has 0 aliphatic heterocycles. The maximum Gasteiger partial charge on any atom is 0.195 e. The number of ether oxygens (including phenoxy) is 2. The van der Waals surface area contributed by atoms with E-state index in [0.29, 0.717) is 6.61 Å². The van der Waals surface area contributed by atoms with Crippen molar-refractivity contribution in [3.63, 3.8) is 0 Å². The first-order valence-corrected chi connectivity index (χ1v) is 6.36. The average molecular weight is 256 g/mol. The first kappa shape index (κ1) is 15.1. The number of hydrogen-bond acceptors (Lipinski definition) is 5. The molecular weight excluding hydrogens is 232 g/mol. The van der Waals surface area contributed by atoms with Crippen LogP contribution in [-0.4, -0.2) is 38.9 Å². The van der Waals surface area contributed by atoms with Crippen LogP contribution in [0.3, 0.4) is 0 Å². The quantitative estimate of drug-likeness (QED) is 0.682. The predicted octanol–water partition coefficient (Wildman–Crippen LogP) is 1.72. The van der Waals surface area contributed by atoms with Gasteiger partial charge in [-0.3, -0.25) is 0 Å². The van der Waals surface area contributed by atoms with Crippen LogP contribution in [0.15, 0.2) is 10.6 Å². The van der Waals surface area contributed by atoms with E-state index in [0.717, 1.165) is 37.6 Å². The van der Waals surface area contributed by atoms with Gasteiger partial charge < -0.3 is 19.2 Å². The summed E-state index contributed by atoms with van der Waals surface area (Å²) in [6, 6.07) is 0. The maximum absolute atomic E-state index is 5.73. The molecule has 1 N–H and O–H groups in total. The summed E-state index contributed by atoms with van der Waals surface area (Å²) in [6.07, 6.45) is 3.38. The van der Waals surface area contributed by atoms with Gasteiger partial charge in [-0.05, 0) is 13.3 Å². The zero-order valence-electron chi connectivity index (χ0n) is 11.8. The summed E-state index contributed by atoms with van der Waals surface area (Å²) in [7, 11) is 3.39. The summed E-state index contributed by atoms with van der Waals surface area (Å²) < 4.78 is 16.2. The highest BCUT2D eigenvalue weighted by Gasteiger charge is 2.28. The lowest BCUT2D eigenvalue weighted by Crippen LogP contribution is -2.22. The minimum absolute atomic E-state index is 0.380. The third-order valence-corrected chi connectivity index (χ3v) is 3.20. The van der Waals surface area contributed by atoms with E-state index >= 15 is 0 Å². The van der Waals surface area contributed by atoms with Crippen molar-refractivity contribution in [2.45, 2.75) is 32.3 Å². The van der Waals surface area contributed by atoms with Crippen molar-refractivity contribution in [1.29, 1.82) is 0 Å². The number of rotatable bonds is 9. The van der Waals surface area contributed by atoms with Gasteiger partial charge >= 0.3 is 0 Å². The van der Waals surface area contributed by atoms with Crippen LogP contribution in [0.1, 0.15) is 31.9 Å². The van der Waals surface area contributed by atoms with Gasteiger partial charge in [0, 0.05) is 33.7 Å². The van der Waals surface area contributed by atoms with Gasteiger partial charge in [0.15, 0.2) is 11.7 Å². The number of methoxy groups -OCH3 is 2. The summed E-state index contributed by atoms with van der Waals surface area (Å²) in [6.45, 7) is 6.47. The molecule has 0 saturated heterocycles. The monoisotopic (exact) mass is 256 g/mol. The van der Waals surface area contributed by atoms with E-state index in [1.54, 1.807) is 20.4 Å². The van der Waals surface area contributed by atoms with Gasteiger partial charge in [-0.25, -0.2) is 4.98 Å². The standard InChI is InChI=1S/C13H24N2O3/c1-5-13(2,17-4)11-10-15-12(18-11)6-7-14-8-9-16-3/h10,14H,5-9H2,1-4H3. The molecule has 0 bridgehead atoms. The van der Waals surface area contributed by atoms with E-state index < -0.39 is 0 Å². The van der Waals surface area contributed by atoms with Crippen molar-refractivity contribution < 1.29 is 13.9 Å². The first-order valence-electron chi connectivity index (χ1n) is 6.36. The second kappa shape index (κ2) is 7.51. The molecule has 0 spiro atoms. The van der Waals surface area contributed by atoms with Crippen molar-refractivity contribution in [2.75, 3.05) is 33.9 Å². The highest BCUT2D eigenvalue weighted by Crippen LogP contribution is 2.28. The van der Waals surface area contributed by atoms with E-state index in [1.165, 1.54) is 0 Å². The van der Waals surface area contributed by atoms with Gasteiger partial charge in [-0.2, -0.15) is 0 Å². The van der Waals surface area contributed by atoms with Crippen LogP contribution in [0.2, 0.25) is 0 Å². The molecule has 1 rings (SSSR count). The Kier molecular flexibility index (Phi) is 6.32. The van der Waals surface area contributed by atoms with Crippen LogP contribution in [-0.2, 0) is 21.5 Å². The Bertz CT molecular complexity index is 335. The van der Waals surface area contributed by atoms with Gasteiger partial charge in [0.05, 0.1) is 12.8 Å². The van der Waals surface area contributed by atoms with Crippen LogP contribution < -0.4 is 5.32 Å². The number of oxazole rings is 1. The number of hydrogen-bond donors (Lipinski definition) is 1. The molecule has 1 atom stereocenters. The molecule has 1 aromatic rings. The van der Waals surface area contributed by atoms with Gasteiger partial charge in [0.25, 0.3) is 0 Å². The van der Waals surface area contributed by atoms with Gasteiger partial charge in [0.2, 0.25) is 0 Å². The molecule has 1 unspecified atom stereocenters. The summed E-state index contributed by atoms with van der Waals surface area (Å²) in [5.41, 5.74) is -0.380. The fraction of sp³-hybridized carbons (Fsp3) is 0.769.